The zero-order chi connectivity index (χ0) is 19.4. The van der Waals surface area contributed by atoms with E-state index in [4.69, 9.17) is 0 Å². The Labute approximate surface area is 157 Å². The number of aliphatic hydroxyl groups is 1. The number of likely N-dealkylation sites (tertiary alicyclic amines) is 1. The predicted octanol–water partition coefficient (Wildman–Crippen LogP) is 2.35. The molecule has 1 N–H and O–H groups in total. The van der Waals surface area contributed by atoms with E-state index in [2.05, 4.69) is 4.98 Å². The van der Waals surface area contributed by atoms with Crippen LogP contribution >= 0.6 is 0 Å². The van der Waals surface area contributed by atoms with Crippen LogP contribution in [0, 0.1) is 11.6 Å². The van der Waals surface area contributed by atoms with E-state index < -0.39 is 23.1 Å². The van der Waals surface area contributed by atoms with Crippen LogP contribution < -0.4 is 0 Å². The van der Waals surface area contributed by atoms with E-state index in [1.165, 1.54) is 17.0 Å². The molecule has 0 bridgehead atoms. The molecule has 1 fully saturated rings. The number of carbonyl (C=O) groups is 1. The number of nitrogens with zero attached hydrogens (tertiary/aromatic N) is 3. The van der Waals surface area contributed by atoms with Crippen LogP contribution in [0.25, 0.3) is 0 Å². The molecule has 3 rings (SSSR count). The number of halogens is 2. The zero-order valence-electron chi connectivity index (χ0n) is 15.2. The van der Waals surface area contributed by atoms with Crippen molar-refractivity contribution in [3.05, 3.63) is 65.5 Å². The average Bonchev–Trinajstić information content (AvgIpc) is 2.63. The highest BCUT2D eigenvalue weighted by Gasteiger charge is 2.43. The SMILES string of the molecule is CN(Cc1cccnc1)CC1(O)CCCN(Cc2cccc(F)c2F)C1=O. The third-order valence-corrected chi connectivity index (χ3v) is 4.80. The number of benzene rings is 1. The maximum Gasteiger partial charge on any atom is 0.256 e. The van der Waals surface area contributed by atoms with Gasteiger partial charge in [0.05, 0.1) is 0 Å². The fourth-order valence-electron chi connectivity index (χ4n) is 3.54. The number of piperidine rings is 1. The minimum absolute atomic E-state index is 0.0585. The summed E-state index contributed by atoms with van der Waals surface area (Å²) in [6.07, 6.45) is 4.36. The van der Waals surface area contributed by atoms with Gasteiger partial charge in [0.25, 0.3) is 5.91 Å². The van der Waals surface area contributed by atoms with Crippen molar-refractivity contribution in [2.24, 2.45) is 0 Å². The Morgan fingerprint density at radius 1 is 1.30 bits per heavy atom. The van der Waals surface area contributed by atoms with Gasteiger partial charge in [0.15, 0.2) is 17.2 Å². The summed E-state index contributed by atoms with van der Waals surface area (Å²) in [5.41, 5.74) is -0.458. The van der Waals surface area contributed by atoms with Crippen molar-refractivity contribution in [2.45, 2.75) is 31.5 Å². The monoisotopic (exact) mass is 375 g/mol. The lowest BCUT2D eigenvalue weighted by molar-refractivity contribution is -0.160. The minimum Gasteiger partial charge on any atom is -0.379 e. The number of aromatic nitrogens is 1. The topological polar surface area (TPSA) is 56.7 Å². The summed E-state index contributed by atoms with van der Waals surface area (Å²) < 4.78 is 27.4. The number of hydrogen-bond acceptors (Lipinski definition) is 4. The van der Waals surface area contributed by atoms with Gasteiger partial charge in [-0.15, -0.1) is 0 Å². The van der Waals surface area contributed by atoms with Crippen LogP contribution in [0.4, 0.5) is 8.78 Å². The second-order valence-electron chi connectivity index (χ2n) is 7.11. The number of hydrogen-bond donors (Lipinski definition) is 1. The van der Waals surface area contributed by atoms with Crippen molar-refractivity contribution in [3.63, 3.8) is 0 Å². The lowest BCUT2D eigenvalue weighted by Gasteiger charge is -2.40. The first kappa shape index (κ1) is 19.4. The Hall–Kier alpha value is -2.38. The van der Waals surface area contributed by atoms with Gasteiger partial charge < -0.3 is 10.0 Å². The standard InChI is InChI=1S/C20H23F2N3O2/c1-24(12-15-5-3-9-23-11-15)14-20(27)8-4-10-25(19(20)26)13-16-6-2-7-17(21)18(16)22/h2-3,5-7,9,11,27H,4,8,10,12-14H2,1H3. The Kier molecular flexibility index (Phi) is 5.82. The molecule has 2 aromatic rings. The average molecular weight is 375 g/mol. The number of pyridine rings is 1. The van der Waals surface area contributed by atoms with Crippen molar-refractivity contribution >= 4 is 5.91 Å². The Bertz CT molecular complexity index is 803. The van der Waals surface area contributed by atoms with Gasteiger partial charge in [-0.25, -0.2) is 8.78 Å². The van der Waals surface area contributed by atoms with Crippen LogP contribution in [0.1, 0.15) is 24.0 Å². The van der Waals surface area contributed by atoms with Crippen LogP contribution in [0.2, 0.25) is 0 Å². The minimum atomic E-state index is -1.54. The van der Waals surface area contributed by atoms with Gasteiger partial charge >= 0.3 is 0 Å². The summed E-state index contributed by atoms with van der Waals surface area (Å²) in [7, 11) is 1.82. The van der Waals surface area contributed by atoms with Crippen LogP contribution in [0.5, 0.6) is 0 Å². The molecule has 7 heteroatoms. The fraction of sp³-hybridized carbons (Fsp3) is 0.400. The van der Waals surface area contributed by atoms with Crippen molar-refractivity contribution in [2.75, 3.05) is 20.1 Å². The second-order valence-corrected chi connectivity index (χ2v) is 7.11. The van der Waals surface area contributed by atoms with E-state index in [0.717, 1.165) is 11.6 Å². The third-order valence-electron chi connectivity index (χ3n) is 4.80. The second kappa shape index (κ2) is 8.10. The van der Waals surface area contributed by atoms with Gasteiger partial charge in [-0.2, -0.15) is 0 Å². The van der Waals surface area contributed by atoms with E-state index in [1.807, 2.05) is 24.1 Å². The fourth-order valence-corrected chi connectivity index (χ4v) is 3.54. The van der Waals surface area contributed by atoms with E-state index in [9.17, 15) is 18.7 Å². The largest absolute Gasteiger partial charge is 0.379 e. The van der Waals surface area contributed by atoms with Gasteiger partial charge in [-0.05, 0) is 37.6 Å². The van der Waals surface area contributed by atoms with Crippen LogP contribution in [0.15, 0.2) is 42.7 Å². The molecule has 1 atom stereocenters. The molecular weight excluding hydrogens is 352 g/mol. The zero-order valence-corrected chi connectivity index (χ0v) is 15.2. The molecule has 1 aromatic heterocycles. The van der Waals surface area contributed by atoms with Crippen LogP contribution in [-0.4, -0.2) is 51.5 Å². The van der Waals surface area contributed by atoms with Gasteiger partial charge in [-0.3, -0.25) is 14.7 Å². The molecule has 1 saturated heterocycles. The molecule has 2 heterocycles. The molecule has 0 aliphatic carbocycles. The summed E-state index contributed by atoms with van der Waals surface area (Å²) in [6.45, 7) is 1.05. The number of likely N-dealkylation sites (N-methyl/N-ethyl adjacent to an activating group) is 1. The Morgan fingerprint density at radius 3 is 2.85 bits per heavy atom. The Morgan fingerprint density at radius 2 is 2.11 bits per heavy atom. The normalized spacial score (nSPS) is 20.3. The van der Waals surface area contributed by atoms with Gasteiger partial charge in [-0.1, -0.05) is 18.2 Å². The van der Waals surface area contributed by atoms with Gasteiger partial charge in [0.1, 0.15) is 0 Å². The van der Waals surface area contributed by atoms with Crippen molar-refractivity contribution < 1.29 is 18.7 Å². The first-order chi connectivity index (χ1) is 12.9. The molecule has 1 aliphatic rings. The molecule has 5 nitrogen and oxygen atoms in total. The summed E-state index contributed by atoms with van der Waals surface area (Å²) in [5.74, 6) is -2.34. The molecule has 1 unspecified atom stereocenters. The Balaban J connectivity index is 1.68. The predicted molar refractivity (Wildman–Crippen MR) is 96.5 cm³/mol. The van der Waals surface area contributed by atoms with Crippen molar-refractivity contribution in [3.8, 4) is 0 Å². The highest BCUT2D eigenvalue weighted by Crippen LogP contribution is 2.26. The van der Waals surface area contributed by atoms with Gasteiger partial charge in [0.2, 0.25) is 0 Å². The summed E-state index contributed by atoms with van der Waals surface area (Å²) in [4.78, 5) is 20.2. The molecule has 1 aromatic carbocycles. The molecule has 1 aliphatic heterocycles. The maximum absolute atomic E-state index is 13.9. The first-order valence-electron chi connectivity index (χ1n) is 8.91. The smallest absolute Gasteiger partial charge is 0.256 e. The molecule has 0 spiro atoms. The summed E-state index contributed by atoms with van der Waals surface area (Å²) >= 11 is 0. The highest BCUT2D eigenvalue weighted by atomic mass is 19.2. The van der Waals surface area contributed by atoms with Crippen LogP contribution in [-0.2, 0) is 17.9 Å². The molecule has 0 radical (unpaired) electrons. The lowest BCUT2D eigenvalue weighted by Crippen LogP contribution is -2.57. The van der Waals surface area contributed by atoms with E-state index in [0.29, 0.717) is 25.9 Å². The summed E-state index contributed by atoms with van der Waals surface area (Å²) in [6, 6.07) is 7.67. The molecule has 0 saturated carbocycles. The molecular formula is C20H23F2N3O2. The van der Waals surface area contributed by atoms with E-state index >= 15 is 0 Å². The highest BCUT2D eigenvalue weighted by molar-refractivity contribution is 5.86. The van der Waals surface area contributed by atoms with Crippen molar-refractivity contribution in [1.82, 2.24) is 14.8 Å². The van der Waals surface area contributed by atoms with Crippen LogP contribution in [0.3, 0.4) is 0 Å². The molecule has 1 amide bonds. The summed E-state index contributed by atoms with van der Waals surface area (Å²) in [5, 5.41) is 10.9. The maximum atomic E-state index is 13.9. The number of amides is 1. The van der Waals surface area contributed by atoms with Crippen molar-refractivity contribution in [1.29, 1.82) is 0 Å². The number of carbonyl (C=O) groups excluding carboxylic acids is 1. The van der Waals surface area contributed by atoms with E-state index in [1.54, 1.807) is 12.4 Å². The van der Waals surface area contributed by atoms with E-state index in [-0.39, 0.29) is 18.7 Å². The lowest BCUT2D eigenvalue weighted by atomic mass is 9.90. The number of rotatable bonds is 6. The quantitative estimate of drug-likeness (QED) is 0.842. The molecule has 27 heavy (non-hydrogen) atoms. The molecule has 144 valence electrons. The first-order valence-corrected chi connectivity index (χ1v) is 8.91. The third kappa shape index (κ3) is 4.48. The van der Waals surface area contributed by atoms with Gasteiger partial charge in [0, 0.05) is 44.1 Å².